The van der Waals surface area contributed by atoms with Gasteiger partial charge in [0.15, 0.2) is 6.04 Å². The number of alkyl halides is 6. The van der Waals surface area contributed by atoms with E-state index >= 15 is 0 Å². The number of hydrogen-bond donors (Lipinski definition) is 1. The highest BCUT2D eigenvalue weighted by Gasteiger charge is 2.38. The Morgan fingerprint density at radius 1 is 1.21 bits per heavy atom. The molecule has 0 spiro atoms. The van der Waals surface area contributed by atoms with Crippen LogP contribution in [-0.2, 0) is 28.4 Å². The number of allylic oxidation sites excluding steroid dienone is 1. The number of carbonyl (C=O) groups excluding carboxylic acids is 2. The van der Waals surface area contributed by atoms with E-state index in [1.165, 1.54) is 12.0 Å². The van der Waals surface area contributed by atoms with Crippen LogP contribution in [0.5, 0.6) is 0 Å². The van der Waals surface area contributed by atoms with Crippen molar-refractivity contribution in [1.82, 2.24) is 15.1 Å². The maximum Gasteiger partial charge on any atom is 0.416 e. The zero-order valence-corrected chi connectivity index (χ0v) is 21.8. The number of amidine groups is 1. The van der Waals surface area contributed by atoms with E-state index < -0.39 is 29.5 Å². The van der Waals surface area contributed by atoms with E-state index in [2.05, 4.69) is 10.3 Å². The summed E-state index contributed by atoms with van der Waals surface area (Å²) in [5.41, 5.74) is -2.84. The first-order valence-electron chi connectivity index (χ1n) is 11.7. The highest BCUT2D eigenvalue weighted by atomic mass is 32.2. The zero-order valence-electron chi connectivity index (χ0n) is 20.9. The second-order valence-corrected chi connectivity index (χ2v) is 10.2. The number of aliphatic imine (C=N–C) groups is 1. The Morgan fingerprint density at radius 3 is 2.42 bits per heavy atom. The quantitative estimate of drug-likeness (QED) is 0.481. The first-order valence-corrected chi connectivity index (χ1v) is 12.5. The molecule has 2 aliphatic heterocycles. The second kappa shape index (κ2) is 12.1. The standard InChI is InChI=1S/C24H28F6N4O3S/c1-33(2)21(35)18(13-37-3)31-20-19(38-22(36)32-20)10-14-6-8-34(9-7-14)12-15-4-5-16(23(25,26)27)11-17(15)24(28,29)30/h4-5,10-11,14,18H,6-9,12-13H2,1-3H3,(H,31,32,36). The summed E-state index contributed by atoms with van der Waals surface area (Å²) < 4.78 is 84.4. The number of halogens is 6. The first kappa shape index (κ1) is 30.0. The summed E-state index contributed by atoms with van der Waals surface area (Å²) in [6, 6.07) is 0.871. The molecular formula is C24H28F6N4O3S. The Labute approximate surface area is 220 Å². The Morgan fingerprint density at radius 2 is 1.87 bits per heavy atom. The SMILES string of the molecule is COCC(N=C1NC(=O)SC1=CC1CCN(Cc2ccc(C(F)(F)F)cc2C(F)(F)F)CC1)C(=O)N(C)C. The monoisotopic (exact) mass is 566 g/mol. The molecule has 38 heavy (non-hydrogen) atoms. The van der Waals surface area contributed by atoms with Gasteiger partial charge in [0.25, 0.3) is 5.24 Å². The maximum atomic E-state index is 13.5. The number of methoxy groups -OCH3 is 1. The molecule has 7 nitrogen and oxygen atoms in total. The second-order valence-electron chi connectivity index (χ2n) is 9.21. The third kappa shape index (κ3) is 7.73. The molecule has 0 saturated carbocycles. The topological polar surface area (TPSA) is 74.2 Å². The van der Waals surface area contributed by atoms with Crippen molar-refractivity contribution in [3.05, 3.63) is 45.9 Å². The van der Waals surface area contributed by atoms with Crippen LogP contribution >= 0.6 is 11.8 Å². The van der Waals surface area contributed by atoms with Crippen LogP contribution in [0.2, 0.25) is 0 Å². The zero-order chi connectivity index (χ0) is 28.3. The minimum absolute atomic E-state index is 0.00762. The van der Waals surface area contributed by atoms with E-state index in [9.17, 15) is 35.9 Å². The van der Waals surface area contributed by atoms with Crippen molar-refractivity contribution in [2.75, 3.05) is 40.9 Å². The van der Waals surface area contributed by atoms with E-state index in [1.807, 2.05) is 6.08 Å². The summed E-state index contributed by atoms with van der Waals surface area (Å²) in [4.78, 5) is 32.5. The van der Waals surface area contributed by atoms with Gasteiger partial charge in [0.1, 0.15) is 5.84 Å². The Hall–Kier alpha value is -2.58. The van der Waals surface area contributed by atoms with E-state index in [-0.39, 0.29) is 47.7 Å². The van der Waals surface area contributed by atoms with Gasteiger partial charge >= 0.3 is 12.4 Å². The number of likely N-dealkylation sites (N-methyl/N-ethyl adjacent to an activating group) is 1. The molecule has 2 saturated heterocycles. The summed E-state index contributed by atoms with van der Waals surface area (Å²) in [5.74, 6) is -0.0364. The fourth-order valence-electron chi connectivity index (χ4n) is 4.20. The molecule has 0 aliphatic carbocycles. The highest BCUT2D eigenvalue weighted by molar-refractivity contribution is 8.18. The fourth-order valence-corrected chi connectivity index (χ4v) is 5.01. The predicted molar refractivity (Wildman–Crippen MR) is 130 cm³/mol. The molecule has 1 unspecified atom stereocenters. The summed E-state index contributed by atoms with van der Waals surface area (Å²) in [5, 5.41) is 2.29. The molecule has 0 bridgehead atoms. The van der Waals surface area contributed by atoms with Crippen LogP contribution in [0.15, 0.2) is 34.2 Å². The number of benzene rings is 1. The Kier molecular flexibility index (Phi) is 9.52. The Balaban J connectivity index is 1.71. The van der Waals surface area contributed by atoms with Gasteiger partial charge in [-0.1, -0.05) is 12.1 Å². The molecule has 0 radical (unpaired) electrons. The molecule has 2 amide bonds. The first-order chi connectivity index (χ1) is 17.7. The number of likely N-dealkylation sites (tertiary alicyclic amines) is 1. The molecule has 3 rings (SSSR count). The molecule has 1 aromatic rings. The number of nitrogens with zero attached hydrogens (tertiary/aromatic N) is 3. The minimum atomic E-state index is -4.91. The summed E-state index contributed by atoms with van der Waals surface area (Å²) >= 11 is 0.943. The third-order valence-electron chi connectivity index (χ3n) is 6.15. The molecular weight excluding hydrogens is 538 g/mol. The van der Waals surface area contributed by atoms with Crippen LogP contribution in [0.1, 0.15) is 29.5 Å². The average molecular weight is 567 g/mol. The molecule has 14 heteroatoms. The molecule has 2 heterocycles. The van der Waals surface area contributed by atoms with Crippen LogP contribution in [0.3, 0.4) is 0 Å². The van der Waals surface area contributed by atoms with Crippen LogP contribution in [0.25, 0.3) is 0 Å². The predicted octanol–water partition coefficient (Wildman–Crippen LogP) is 4.78. The molecule has 1 atom stereocenters. The van der Waals surface area contributed by atoms with Gasteiger partial charge in [-0.3, -0.25) is 19.5 Å². The summed E-state index contributed by atoms with van der Waals surface area (Å²) in [6.45, 7) is 0.715. The van der Waals surface area contributed by atoms with Gasteiger partial charge in [0.2, 0.25) is 5.91 Å². The molecule has 0 aromatic heterocycles. The lowest BCUT2D eigenvalue weighted by atomic mass is 9.95. The van der Waals surface area contributed by atoms with E-state index in [1.54, 1.807) is 19.0 Å². The van der Waals surface area contributed by atoms with Gasteiger partial charge in [-0.2, -0.15) is 26.3 Å². The number of ether oxygens (including phenoxy) is 1. The van der Waals surface area contributed by atoms with Crippen LogP contribution in [0, 0.1) is 5.92 Å². The summed E-state index contributed by atoms with van der Waals surface area (Å²) in [6.07, 6.45) is -6.80. The van der Waals surface area contributed by atoms with Gasteiger partial charge in [-0.25, -0.2) is 0 Å². The van der Waals surface area contributed by atoms with E-state index in [0.29, 0.717) is 36.9 Å². The highest BCUT2D eigenvalue weighted by Crippen LogP contribution is 2.38. The minimum Gasteiger partial charge on any atom is -0.382 e. The molecule has 210 valence electrons. The summed E-state index contributed by atoms with van der Waals surface area (Å²) in [7, 11) is 4.60. The van der Waals surface area contributed by atoms with Crippen molar-refractivity contribution in [1.29, 1.82) is 0 Å². The van der Waals surface area contributed by atoms with Gasteiger partial charge in [-0.15, -0.1) is 0 Å². The smallest absolute Gasteiger partial charge is 0.382 e. The Bertz CT molecular complexity index is 1100. The van der Waals surface area contributed by atoms with Gasteiger partial charge in [0.05, 0.1) is 22.6 Å². The number of amides is 2. The van der Waals surface area contributed by atoms with Gasteiger partial charge in [0, 0.05) is 27.7 Å². The normalized spacial score (nSPS) is 20.7. The third-order valence-corrected chi connectivity index (χ3v) is 6.98. The van der Waals surface area contributed by atoms with Crippen LogP contribution in [-0.4, -0.2) is 73.7 Å². The average Bonchev–Trinajstić information content (AvgIpc) is 3.16. The lowest BCUT2D eigenvalue weighted by Gasteiger charge is -2.31. The van der Waals surface area contributed by atoms with Crippen LogP contribution in [0.4, 0.5) is 31.1 Å². The number of thioether (sulfide) groups is 1. The van der Waals surface area contributed by atoms with Gasteiger partial charge in [-0.05, 0) is 61.3 Å². The van der Waals surface area contributed by atoms with E-state index in [0.717, 1.165) is 17.8 Å². The van der Waals surface area contributed by atoms with Crippen molar-refractivity contribution < 1.29 is 40.7 Å². The number of carbonyl (C=O) groups is 2. The van der Waals surface area contributed by atoms with Gasteiger partial charge < -0.3 is 15.0 Å². The van der Waals surface area contributed by atoms with Crippen molar-refractivity contribution in [2.24, 2.45) is 10.9 Å². The maximum absolute atomic E-state index is 13.5. The molecule has 1 N–H and O–H groups in total. The van der Waals surface area contributed by atoms with Crippen molar-refractivity contribution in [3.8, 4) is 0 Å². The number of rotatable bonds is 7. The van der Waals surface area contributed by atoms with Crippen LogP contribution < -0.4 is 5.32 Å². The lowest BCUT2D eigenvalue weighted by Crippen LogP contribution is -2.37. The number of piperidine rings is 1. The molecule has 2 fully saturated rings. The van der Waals surface area contributed by atoms with Crippen molar-refractivity contribution in [2.45, 2.75) is 37.8 Å². The van der Waals surface area contributed by atoms with E-state index in [4.69, 9.17) is 4.74 Å². The fraction of sp³-hybridized carbons (Fsp3) is 0.542. The number of nitrogens with one attached hydrogen (secondary N) is 1. The van der Waals surface area contributed by atoms with Crippen molar-refractivity contribution >= 4 is 28.7 Å². The lowest BCUT2D eigenvalue weighted by molar-refractivity contribution is -0.143. The molecule has 2 aliphatic rings. The largest absolute Gasteiger partial charge is 0.416 e. The number of hydrogen-bond acceptors (Lipinski definition) is 6. The molecule has 1 aromatic carbocycles. The van der Waals surface area contributed by atoms with Crippen molar-refractivity contribution in [3.63, 3.8) is 0 Å².